The third-order valence-electron chi connectivity index (χ3n) is 4.42. The number of nitrogens with two attached hydrogens (primary N) is 1. The summed E-state index contributed by atoms with van der Waals surface area (Å²) in [6, 6.07) is 8.01. The van der Waals surface area contributed by atoms with E-state index in [2.05, 4.69) is 20.4 Å². The standard InChI is InChI=1S/C21H25N7O5S/c1-14-11-16(19-24-26-28(25-19)12-15-7-9-23-10-8-15)5-6-17(14)34(31,32)27(13-18(22)29)20(30)33-21(2,3)4/h5-11H,12-13H2,1-4H3,(H2,22,29). The Kier molecular flexibility index (Phi) is 6.96. The molecule has 0 saturated heterocycles. The molecule has 3 rings (SSSR count). The molecule has 13 heteroatoms. The number of hydrogen-bond acceptors (Lipinski definition) is 9. The van der Waals surface area contributed by atoms with E-state index >= 15 is 0 Å². The van der Waals surface area contributed by atoms with E-state index in [-0.39, 0.29) is 4.90 Å². The number of aryl methyl sites for hydroxylation is 1. The highest BCUT2D eigenvalue weighted by molar-refractivity contribution is 7.89. The molecule has 1 aromatic carbocycles. The lowest BCUT2D eigenvalue weighted by Crippen LogP contribution is -2.45. The molecule has 12 nitrogen and oxygen atoms in total. The van der Waals surface area contributed by atoms with Crippen molar-refractivity contribution < 1.29 is 22.7 Å². The molecule has 0 bridgehead atoms. The van der Waals surface area contributed by atoms with Crippen LogP contribution in [0, 0.1) is 6.92 Å². The first-order valence-electron chi connectivity index (χ1n) is 10.2. The van der Waals surface area contributed by atoms with Crippen LogP contribution < -0.4 is 5.73 Å². The van der Waals surface area contributed by atoms with Crippen molar-refractivity contribution in [2.75, 3.05) is 6.54 Å². The van der Waals surface area contributed by atoms with Crippen LogP contribution in [0.3, 0.4) is 0 Å². The molecule has 180 valence electrons. The number of nitrogens with zero attached hydrogens (tertiary/aromatic N) is 6. The maximum atomic E-state index is 13.2. The molecule has 0 radical (unpaired) electrons. The van der Waals surface area contributed by atoms with E-state index in [1.807, 2.05) is 12.1 Å². The predicted octanol–water partition coefficient (Wildman–Crippen LogP) is 1.50. The number of aromatic nitrogens is 5. The number of amides is 2. The first kappa shape index (κ1) is 24.8. The molecular formula is C21H25N7O5S. The van der Waals surface area contributed by atoms with Crippen LogP contribution >= 0.6 is 0 Å². The Morgan fingerprint density at radius 2 is 1.82 bits per heavy atom. The molecule has 2 amide bonds. The summed E-state index contributed by atoms with van der Waals surface area (Å²) < 4.78 is 32.0. The predicted molar refractivity (Wildman–Crippen MR) is 121 cm³/mol. The maximum absolute atomic E-state index is 13.2. The Hall–Kier alpha value is -3.87. The highest BCUT2D eigenvalue weighted by atomic mass is 32.2. The van der Waals surface area contributed by atoms with Crippen molar-refractivity contribution in [1.82, 2.24) is 29.5 Å². The number of tetrazole rings is 1. The summed E-state index contributed by atoms with van der Waals surface area (Å²) in [7, 11) is -4.44. The molecule has 0 aliphatic heterocycles. The molecule has 0 aliphatic rings. The second-order valence-corrected chi connectivity index (χ2v) is 10.3. The van der Waals surface area contributed by atoms with Crippen LogP contribution in [0.5, 0.6) is 0 Å². The van der Waals surface area contributed by atoms with E-state index in [4.69, 9.17) is 10.5 Å². The average molecular weight is 488 g/mol. The van der Waals surface area contributed by atoms with Crippen LogP contribution in [-0.4, -0.2) is 62.1 Å². The van der Waals surface area contributed by atoms with E-state index in [9.17, 15) is 18.0 Å². The maximum Gasteiger partial charge on any atom is 0.424 e. The van der Waals surface area contributed by atoms with Gasteiger partial charge in [0.15, 0.2) is 0 Å². The third kappa shape index (κ3) is 5.92. The van der Waals surface area contributed by atoms with Crippen LogP contribution in [0.2, 0.25) is 0 Å². The Balaban J connectivity index is 1.89. The van der Waals surface area contributed by atoms with Crippen molar-refractivity contribution in [3.63, 3.8) is 0 Å². The number of benzene rings is 1. The van der Waals surface area contributed by atoms with Gasteiger partial charge in [-0.25, -0.2) is 13.2 Å². The summed E-state index contributed by atoms with van der Waals surface area (Å²) in [5.41, 5.74) is 5.98. The molecule has 0 aliphatic carbocycles. The van der Waals surface area contributed by atoms with Crippen LogP contribution in [0.1, 0.15) is 31.9 Å². The molecule has 34 heavy (non-hydrogen) atoms. The average Bonchev–Trinajstić information content (AvgIpc) is 3.19. The van der Waals surface area contributed by atoms with Gasteiger partial charge in [0.2, 0.25) is 11.7 Å². The lowest BCUT2D eigenvalue weighted by molar-refractivity contribution is -0.118. The van der Waals surface area contributed by atoms with E-state index in [1.54, 1.807) is 46.2 Å². The molecule has 0 unspecified atom stereocenters. The minimum absolute atomic E-state index is 0.187. The van der Waals surface area contributed by atoms with Gasteiger partial charge >= 0.3 is 6.09 Å². The van der Waals surface area contributed by atoms with Gasteiger partial charge in [0.05, 0.1) is 11.4 Å². The van der Waals surface area contributed by atoms with Crippen LogP contribution in [0.25, 0.3) is 11.4 Å². The number of hydrogen-bond donors (Lipinski definition) is 1. The SMILES string of the molecule is Cc1cc(-c2nnn(Cc3ccncc3)n2)ccc1S(=O)(=O)N(CC(N)=O)C(=O)OC(C)(C)C. The van der Waals surface area contributed by atoms with Gasteiger partial charge in [0.25, 0.3) is 10.0 Å². The monoisotopic (exact) mass is 487 g/mol. The van der Waals surface area contributed by atoms with Crippen molar-refractivity contribution in [1.29, 1.82) is 0 Å². The second-order valence-electron chi connectivity index (χ2n) is 8.44. The van der Waals surface area contributed by atoms with Crippen LogP contribution in [0.15, 0.2) is 47.6 Å². The normalized spacial score (nSPS) is 11.8. The van der Waals surface area contributed by atoms with E-state index in [0.29, 0.717) is 27.8 Å². The van der Waals surface area contributed by atoms with Gasteiger partial charge in [-0.2, -0.15) is 9.10 Å². The van der Waals surface area contributed by atoms with Crippen molar-refractivity contribution in [3.8, 4) is 11.4 Å². The highest BCUT2D eigenvalue weighted by Gasteiger charge is 2.35. The lowest BCUT2D eigenvalue weighted by Gasteiger charge is -2.26. The fourth-order valence-corrected chi connectivity index (χ4v) is 4.45. The van der Waals surface area contributed by atoms with Gasteiger partial charge in [0, 0.05) is 18.0 Å². The molecule has 3 aromatic rings. The van der Waals surface area contributed by atoms with Gasteiger partial charge in [-0.1, -0.05) is 0 Å². The van der Waals surface area contributed by atoms with Gasteiger partial charge in [0.1, 0.15) is 12.1 Å². The highest BCUT2D eigenvalue weighted by Crippen LogP contribution is 2.26. The fourth-order valence-electron chi connectivity index (χ4n) is 2.98. The summed E-state index contributed by atoms with van der Waals surface area (Å²) in [4.78, 5) is 29.2. The Morgan fingerprint density at radius 3 is 2.41 bits per heavy atom. The van der Waals surface area contributed by atoms with Gasteiger partial charge in [-0.05, 0) is 74.4 Å². The van der Waals surface area contributed by atoms with E-state index in [0.717, 1.165) is 5.56 Å². The largest absolute Gasteiger partial charge is 0.443 e. The summed E-state index contributed by atoms with van der Waals surface area (Å²) in [6.45, 7) is 5.82. The Labute approximate surface area is 196 Å². The van der Waals surface area contributed by atoms with Crippen molar-refractivity contribution >= 4 is 22.0 Å². The molecule has 0 saturated carbocycles. The molecule has 2 aromatic heterocycles. The number of carbonyl (C=O) groups excluding carboxylic acids is 2. The number of sulfonamides is 1. The number of pyridine rings is 1. The Bertz CT molecular complexity index is 1300. The summed E-state index contributed by atoms with van der Waals surface area (Å²) in [5, 5.41) is 12.4. The molecule has 2 heterocycles. The number of carbonyl (C=O) groups is 2. The number of primary amides is 1. The third-order valence-corrected chi connectivity index (χ3v) is 6.30. The van der Waals surface area contributed by atoms with Crippen LogP contribution in [-0.2, 0) is 26.1 Å². The quantitative estimate of drug-likeness (QED) is 0.520. The molecule has 0 atom stereocenters. The fraction of sp³-hybridized carbons (Fsp3) is 0.333. The zero-order valence-electron chi connectivity index (χ0n) is 19.2. The topological polar surface area (TPSA) is 163 Å². The zero-order chi connectivity index (χ0) is 25.1. The Morgan fingerprint density at radius 1 is 1.15 bits per heavy atom. The minimum atomic E-state index is -4.44. The summed E-state index contributed by atoms with van der Waals surface area (Å²) >= 11 is 0. The zero-order valence-corrected chi connectivity index (χ0v) is 20.0. The minimum Gasteiger partial charge on any atom is -0.443 e. The molecule has 0 fully saturated rings. The van der Waals surface area contributed by atoms with Gasteiger partial charge in [-0.3, -0.25) is 9.78 Å². The van der Waals surface area contributed by atoms with E-state index in [1.165, 1.54) is 16.9 Å². The van der Waals surface area contributed by atoms with Gasteiger partial charge < -0.3 is 10.5 Å². The molecular weight excluding hydrogens is 462 g/mol. The second kappa shape index (κ2) is 9.55. The number of ether oxygens (including phenoxy) is 1. The first-order chi connectivity index (χ1) is 15.9. The van der Waals surface area contributed by atoms with Gasteiger partial charge in [-0.15, -0.1) is 10.2 Å². The molecule has 0 spiro atoms. The van der Waals surface area contributed by atoms with Crippen molar-refractivity contribution in [3.05, 3.63) is 53.9 Å². The summed E-state index contributed by atoms with van der Waals surface area (Å²) in [5.74, 6) is -0.707. The summed E-state index contributed by atoms with van der Waals surface area (Å²) in [6.07, 6.45) is 2.12. The van der Waals surface area contributed by atoms with Crippen molar-refractivity contribution in [2.45, 2.75) is 44.7 Å². The smallest absolute Gasteiger partial charge is 0.424 e. The number of rotatable bonds is 7. The van der Waals surface area contributed by atoms with Crippen LogP contribution in [0.4, 0.5) is 4.79 Å². The molecule has 2 N–H and O–H groups in total. The van der Waals surface area contributed by atoms with Crippen molar-refractivity contribution in [2.24, 2.45) is 5.73 Å². The lowest BCUT2D eigenvalue weighted by atomic mass is 10.1. The first-order valence-corrected chi connectivity index (χ1v) is 11.6. The van der Waals surface area contributed by atoms with E-state index < -0.39 is 34.2 Å².